The van der Waals surface area contributed by atoms with Gasteiger partial charge in [-0.25, -0.2) is 8.42 Å². The Labute approximate surface area is 142 Å². The molecule has 1 aromatic carbocycles. The molecule has 24 heavy (non-hydrogen) atoms. The van der Waals surface area contributed by atoms with Crippen LogP contribution in [0.2, 0.25) is 0 Å². The second kappa shape index (κ2) is 7.06. The summed E-state index contributed by atoms with van der Waals surface area (Å²) in [4.78, 5) is 13.1. The van der Waals surface area contributed by atoms with E-state index in [9.17, 15) is 18.5 Å². The monoisotopic (exact) mass is 353 g/mol. The lowest BCUT2D eigenvalue weighted by Crippen LogP contribution is -2.28. The highest BCUT2D eigenvalue weighted by atomic mass is 32.2. The fraction of sp³-hybridized carbons (Fsp3) is 0.625. The standard InChI is InChI=1S/C16H23N3O4S/c20-19(21)16-13-14(24(22,23)18-11-5-6-12-18)7-8-15(16)17-9-3-1-2-4-10-17/h7-8,13H,1-6,9-12H2. The Balaban J connectivity index is 1.96. The number of nitrogens with zero attached hydrogens (tertiary/aromatic N) is 3. The molecule has 0 unspecified atom stereocenters. The van der Waals surface area contributed by atoms with Crippen molar-refractivity contribution < 1.29 is 13.3 Å². The Morgan fingerprint density at radius 2 is 1.50 bits per heavy atom. The van der Waals surface area contributed by atoms with E-state index in [0.717, 1.165) is 51.6 Å². The predicted molar refractivity (Wildman–Crippen MR) is 91.8 cm³/mol. The van der Waals surface area contributed by atoms with Gasteiger partial charge in [0.15, 0.2) is 0 Å². The Kier molecular flexibility index (Phi) is 5.05. The molecule has 8 heteroatoms. The van der Waals surface area contributed by atoms with Gasteiger partial charge in [0.25, 0.3) is 5.69 Å². The van der Waals surface area contributed by atoms with Crippen molar-refractivity contribution in [2.45, 2.75) is 43.4 Å². The molecule has 0 saturated carbocycles. The van der Waals surface area contributed by atoms with Crippen LogP contribution in [0.4, 0.5) is 11.4 Å². The minimum absolute atomic E-state index is 0.0228. The van der Waals surface area contributed by atoms with Gasteiger partial charge in [-0.2, -0.15) is 4.31 Å². The van der Waals surface area contributed by atoms with Crippen molar-refractivity contribution in [1.82, 2.24) is 4.31 Å². The molecule has 0 bridgehead atoms. The Morgan fingerprint density at radius 3 is 2.08 bits per heavy atom. The Morgan fingerprint density at radius 1 is 0.917 bits per heavy atom. The molecule has 0 radical (unpaired) electrons. The average molecular weight is 353 g/mol. The van der Waals surface area contributed by atoms with Crippen LogP contribution in [0.5, 0.6) is 0 Å². The van der Waals surface area contributed by atoms with Gasteiger partial charge in [0.1, 0.15) is 5.69 Å². The minimum Gasteiger partial charge on any atom is -0.366 e. The number of nitro groups is 1. The summed E-state index contributed by atoms with van der Waals surface area (Å²) in [6.45, 7) is 2.53. The van der Waals surface area contributed by atoms with Gasteiger partial charge in [-0.1, -0.05) is 12.8 Å². The molecule has 2 saturated heterocycles. The molecule has 1 aromatic rings. The van der Waals surface area contributed by atoms with Crippen LogP contribution in [-0.4, -0.2) is 43.8 Å². The summed E-state index contributed by atoms with van der Waals surface area (Å²) in [5.41, 5.74) is 0.416. The van der Waals surface area contributed by atoms with Gasteiger partial charge in [0.05, 0.1) is 9.82 Å². The number of nitro benzene ring substituents is 1. The molecule has 0 N–H and O–H groups in total. The maximum absolute atomic E-state index is 12.6. The first-order valence-corrected chi connectivity index (χ1v) is 9.98. The van der Waals surface area contributed by atoms with Crippen LogP contribution in [0.15, 0.2) is 23.1 Å². The van der Waals surface area contributed by atoms with Crippen LogP contribution in [0.1, 0.15) is 38.5 Å². The minimum atomic E-state index is -3.64. The summed E-state index contributed by atoms with van der Waals surface area (Å²) in [6, 6.07) is 4.35. The first-order chi connectivity index (χ1) is 11.5. The molecule has 2 aliphatic heterocycles. The first-order valence-electron chi connectivity index (χ1n) is 8.54. The third-order valence-electron chi connectivity index (χ3n) is 4.79. The Hall–Kier alpha value is -1.67. The normalized spacial score (nSPS) is 20.1. The average Bonchev–Trinajstić information content (AvgIpc) is 2.98. The molecule has 2 fully saturated rings. The van der Waals surface area contributed by atoms with E-state index in [4.69, 9.17) is 0 Å². The van der Waals surface area contributed by atoms with Gasteiger partial charge in [-0.15, -0.1) is 0 Å². The van der Waals surface area contributed by atoms with Crippen molar-refractivity contribution in [3.8, 4) is 0 Å². The molecule has 0 amide bonds. The van der Waals surface area contributed by atoms with Crippen molar-refractivity contribution in [2.75, 3.05) is 31.1 Å². The maximum Gasteiger partial charge on any atom is 0.293 e. The number of anilines is 1. The zero-order valence-electron chi connectivity index (χ0n) is 13.7. The van der Waals surface area contributed by atoms with Gasteiger partial charge in [-0.05, 0) is 37.8 Å². The highest BCUT2D eigenvalue weighted by Gasteiger charge is 2.30. The molecule has 0 aliphatic carbocycles. The van der Waals surface area contributed by atoms with E-state index in [-0.39, 0.29) is 10.6 Å². The number of hydrogen-bond acceptors (Lipinski definition) is 5. The number of sulfonamides is 1. The third kappa shape index (κ3) is 3.39. The van der Waals surface area contributed by atoms with Crippen LogP contribution >= 0.6 is 0 Å². The second-order valence-corrected chi connectivity index (χ2v) is 8.36. The van der Waals surface area contributed by atoms with Crippen molar-refractivity contribution in [3.05, 3.63) is 28.3 Å². The van der Waals surface area contributed by atoms with Crippen molar-refractivity contribution in [3.63, 3.8) is 0 Å². The molecular formula is C16H23N3O4S. The molecule has 0 spiro atoms. The van der Waals surface area contributed by atoms with E-state index in [2.05, 4.69) is 0 Å². The molecular weight excluding hydrogens is 330 g/mol. The zero-order chi connectivity index (χ0) is 17.2. The smallest absolute Gasteiger partial charge is 0.293 e. The van der Waals surface area contributed by atoms with Crippen LogP contribution < -0.4 is 4.90 Å². The van der Waals surface area contributed by atoms with Crippen molar-refractivity contribution in [2.24, 2.45) is 0 Å². The van der Waals surface area contributed by atoms with Crippen LogP contribution in [-0.2, 0) is 10.0 Å². The van der Waals surface area contributed by atoms with E-state index in [1.54, 1.807) is 6.07 Å². The summed E-state index contributed by atoms with van der Waals surface area (Å²) < 4.78 is 26.7. The number of benzene rings is 1. The van der Waals surface area contributed by atoms with E-state index < -0.39 is 14.9 Å². The lowest BCUT2D eigenvalue weighted by atomic mass is 10.2. The van der Waals surface area contributed by atoms with Gasteiger partial charge in [0, 0.05) is 32.2 Å². The zero-order valence-corrected chi connectivity index (χ0v) is 14.5. The van der Waals surface area contributed by atoms with Gasteiger partial charge in [-0.3, -0.25) is 10.1 Å². The molecule has 132 valence electrons. The maximum atomic E-state index is 12.6. The summed E-state index contributed by atoms with van der Waals surface area (Å²) in [5, 5.41) is 11.5. The number of rotatable bonds is 4. The summed E-state index contributed by atoms with van der Waals surface area (Å²) in [5.74, 6) is 0. The van der Waals surface area contributed by atoms with Gasteiger partial charge >= 0.3 is 0 Å². The van der Waals surface area contributed by atoms with Crippen LogP contribution in [0.25, 0.3) is 0 Å². The largest absolute Gasteiger partial charge is 0.366 e. The third-order valence-corrected chi connectivity index (χ3v) is 6.69. The lowest BCUT2D eigenvalue weighted by Gasteiger charge is -2.23. The second-order valence-electron chi connectivity index (χ2n) is 6.42. The van der Waals surface area contributed by atoms with Crippen LogP contribution in [0.3, 0.4) is 0 Å². The van der Waals surface area contributed by atoms with E-state index in [0.29, 0.717) is 18.8 Å². The Bertz CT molecular complexity index is 706. The molecule has 0 atom stereocenters. The van der Waals surface area contributed by atoms with Gasteiger partial charge in [0.2, 0.25) is 10.0 Å². The predicted octanol–water partition coefficient (Wildman–Crippen LogP) is 2.76. The lowest BCUT2D eigenvalue weighted by molar-refractivity contribution is -0.384. The highest BCUT2D eigenvalue weighted by molar-refractivity contribution is 7.89. The van der Waals surface area contributed by atoms with E-state index in [1.807, 2.05) is 4.90 Å². The molecule has 3 rings (SSSR count). The molecule has 2 aliphatic rings. The van der Waals surface area contributed by atoms with Gasteiger partial charge < -0.3 is 4.90 Å². The topological polar surface area (TPSA) is 83.8 Å². The van der Waals surface area contributed by atoms with E-state index in [1.165, 1.54) is 16.4 Å². The summed E-state index contributed by atoms with van der Waals surface area (Å²) in [6.07, 6.45) is 5.95. The quantitative estimate of drug-likeness (QED) is 0.614. The summed E-state index contributed by atoms with van der Waals surface area (Å²) in [7, 11) is -3.64. The van der Waals surface area contributed by atoms with E-state index >= 15 is 0 Å². The van der Waals surface area contributed by atoms with Crippen molar-refractivity contribution in [1.29, 1.82) is 0 Å². The molecule has 7 nitrogen and oxygen atoms in total. The highest BCUT2D eigenvalue weighted by Crippen LogP contribution is 2.33. The first kappa shape index (κ1) is 17.2. The van der Waals surface area contributed by atoms with Crippen molar-refractivity contribution >= 4 is 21.4 Å². The SMILES string of the molecule is O=[N+]([O-])c1cc(S(=O)(=O)N2CCCC2)ccc1N1CCCCCC1. The molecule has 2 heterocycles. The number of hydrogen-bond donors (Lipinski definition) is 0. The summed E-state index contributed by atoms with van der Waals surface area (Å²) >= 11 is 0. The fourth-order valence-electron chi connectivity index (χ4n) is 3.47. The molecule has 0 aromatic heterocycles. The fourth-order valence-corrected chi connectivity index (χ4v) is 5.00. The van der Waals surface area contributed by atoms with Crippen LogP contribution in [0, 0.1) is 10.1 Å².